The standard InChI is InChI=1S/C10H10N2S/c1-3-9-5-6-10-4-2-8-12(10)13-11(9)7-1/h1-4,7-8H,5-6H2/p+2. The summed E-state index contributed by atoms with van der Waals surface area (Å²) in [6, 6.07) is 0. The van der Waals surface area contributed by atoms with E-state index in [4.69, 9.17) is 0 Å². The summed E-state index contributed by atoms with van der Waals surface area (Å²) in [5.41, 5.74) is 3.03. The third-order valence-corrected chi connectivity index (χ3v) is 3.84. The molecule has 2 atom stereocenters. The molecule has 1 saturated heterocycles. The minimum atomic E-state index is 1.20. The van der Waals surface area contributed by atoms with Crippen LogP contribution < -0.4 is 8.61 Å². The van der Waals surface area contributed by atoms with Gasteiger partial charge in [0.15, 0.2) is 0 Å². The van der Waals surface area contributed by atoms with Crippen molar-refractivity contribution in [1.82, 2.24) is 0 Å². The lowest BCUT2D eigenvalue weighted by Crippen LogP contribution is -3.13. The smallest absolute Gasteiger partial charge is 0.167 e. The molecule has 0 aromatic carbocycles. The van der Waals surface area contributed by atoms with Gasteiger partial charge in [0.2, 0.25) is 0 Å². The summed E-state index contributed by atoms with van der Waals surface area (Å²) in [5, 5.41) is 0. The molecule has 2 nitrogen and oxygen atoms in total. The SMILES string of the molecule is C1=C[NH+]2S[NH+]3C=CC=C3CCC2=C1. The van der Waals surface area contributed by atoms with E-state index in [1.54, 1.807) is 0 Å². The number of rotatable bonds is 0. The van der Waals surface area contributed by atoms with Gasteiger partial charge in [0.05, 0.1) is 0 Å². The van der Waals surface area contributed by atoms with E-state index in [0.29, 0.717) is 0 Å². The van der Waals surface area contributed by atoms with E-state index in [1.807, 2.05) is 12.1 Å². The van der Waals surface area contributed by atoms with E-state index in [-0.39, 0.29) is 0 Å². The van der Waals surface area contributed by atoms with Gasteiger partial charge in [-0.1, -0.05) is 0 Å². The van der Waals surface area contributed by atoms with Crippen LogP contribution in [0.25, 0.3) is 0 Å². The highest BCUT2D eigenvalue weighted by atomic mass is 32.2. The van der Waals surface area contributed by atoms with Crippen molar-refractivity contribution in [2.24, 2.45) is 0 Å². The van der Waals surface area contributed by atoms with Gasteiger partial charge >= 0.3 is 12.1 Å². The minimum absolute atomic E-state index is 1.20. The zero-order valence-corrected chi connectivity index (χ0v) is 8.10. The fraction of sp³-hybridized carbons (Fsp3) is 0.200. The number of nitrogens with one attached hydrogen (secondary N) is 2. The average Bonchev–Trinajstić information content (AvgIpc) is 2.72. The van der Waals surface area contributed by atoms with E-state index in [1.165, 1.54) is 32.8 Å². The first-order valence-corrected chi connectivity index (χ1v) is 5.42. The maximum Gasteiger partial charge on any atom is 0.341 e. The third kappa shape index (κ3) is 1.20. The van der Waals surface area contributed by atoms with E-state index in [9.17, 15) is 0 Å². The predicted molar refractivity (Wildman–Crippen MR) is 53.2 cm³/mol. The number of hydrogen-bond donors (Lipinski definition) is 2. The number of fused-ring (bicyclic) bond motifs is 2. The number of allylic oxidation sites excluding steroid dienone is 6. The molecule has 2 unspecified atom stereocenters. The first-order valence-electron chi connectivity index (χ1n) is 4.60. The summed E-state index contributed by atoms with van der Waals surface area (Å²) in [5.74, 6) is 0. The van der Waals surface area contributed by atoms with Crippen LogP contribution in [0, 0.1) is 0 Å². The molecule has 0 spiro atoms. The molecular formula is C10H12N2S+2. The maximum absolute atomic E-state index is 2.24. The Bertz CT molecular complexity index is 318. The average molecular weight is 192 g/mol. The fourth-order valence-electron chi connectivity index (χ4n) is 1.88. The van der Waals surface area contributed by atoms with Crippen molar-refractivity contribution in [3.63, 3.8) is 0 Å². The molecule has 66 valence electrons. The second-order valence-electron chi connectivity index (χ2n) is 3.43. The van der Waals surface area contributed by atoms with Gasteiger partial charge in [-0.25, -0.2) is 0 Å². The lowest BCUT2D eigenvalue weighted by atomic mass is 10.2. The van der Waals surface area contributed by atoms with Crippen molar-refractivity contribution >= 4 is 12.1 Å². The zero-order chi connectivity index (χ0) is 8.67. The van der Waals surface area contributed by atoms with Crippen LogP contribution in [0.3, 0.4) is 0 Å². The van der Waals surface area contributed by atoms with Gasteiger partial charge < -0.3 is 0 Å². The molecule has 3 aliphatic heterocycles. The van der Waals surface area contributed by atoms with Gasteiger partial charge in [0, 0.05) is 25.0 Å². The van der Waals surface area contributed by atoms with Crippen LogP contribution in [-0.2, 0) is 0 Å². The number of quaternary nitrogens is 2. The van der Waals surface area contributed by atoms with E-state index in [0.717, 1.165) is 0 Å². The molecular weight excluding hydrogens is 180 g/mol. The molecule has 13 heavy (non-hydrogen) atoms. The van der Waals surface area contributed by atoms with Crippen LogP contribution in [0.5, 0.6) is 0 Å². The van der Waals surface area contributed by atoms with Crippen LogP contribution >= 0.6 is 12.1 Å². The molecule has 0 aromatic heterocycles. The molecule has 3 rings (SSSR count). The highest BCUT2D eigenvalue weighted by Crippen LogP contribution is 2.13. The summed E-state index contributed by atoms with van der Waals surface area (Å²) < 4.78 is 2.90. The van der Waals surface area contributed by atoms with E-state index < -0.39 is 0 Å². The van der Waals surface area contributed by atoms with Crippen molar-refractivity contribution in [1.29, 1.82) is 0 Å². The molecule has 0 radical (unpaired) electrons. The Labute approximate surface area is 82.2 Å². The molecule has 3 heterocycles. The molecule has 0 bridgehead atoms. The van der Waals surface area contributed by atoms with Crippen LogP contribution in [0.15, 0.2) is 48.1 Å². The van der Waals surface area contributed by atoms with E-state index in [2.05, 4.69) is 36.7 Å². The van der Waals surface area contributed by atoms with Crippen molar-refractivity contribution < 1.29 is 8.61 Å². The molecule has 3 heteroatoms. The normalized spacial score (nSPS) is 35.1. The van der Waals surface area contributed by atoms with Gasteiger partial charge in [-0.3, -0.25) is 0 Å². The summed E-state index contributed by atoms with van der Waals surface area (Å²) in [6.45, 7) is 0. The Morgan fingerprint density at radius 3 is 2.00 bits per heavy atom. The summed E-state index contributed by atoms with van der Waals surface area (Å²) in [4.78, 5) is 0. The highest BCUT2D eigenvalue weighted by Gasteiger charge is 2.33. The van der Waals surface area contributed by atoms with Gasteiger partial charge in [-0.15, -0.1) is 0 Å². The van der Waals surface area contributed by atoms with Crippen molar-refractivity contribution in [3.8, 4) is 0 Å². The Morgan fingerprint density at radius 2 is 1.46 bits per heavy atom. The molecule has 0 aromatic rings. The largest absolute Gasteiger partial charge is 0.341 e. The van der Waals surface area contributed by atoms with Crippen LogP contribution in [-0.4, -0.2) is 0 Å². The quantitative estimate of drug-likeness (QED) is 0.511. The summed E-state index contributed by atoms with van der Waals surface area (Å²) in [7, 11) is 0. The third-order valence-electron chi connectivity index (χ3n) is 2.61. The maximum atomic E-state index is 2.24. The molecule has 3 aliphatic rings. The van der Waals surface area contributed by atoms with Crippen molar-refractivity contribution in [2.75, 3.05) is 0 Å². The highest BCUT2D eigenvalue weighted by molar-refractivity contribution is 7.86. The van der Waals surface area contributed by atoms with Gasteiger partial charge in [0.1, 0.15) is 23.8 Å². The Kier molecular flexibility index (Phi) is 1.68. The first kappa shape index (κ1) is 7.62. The van der Waals surface area contributed by atoms with Gasteiger partial charge in [-0.05, 0) is 12.2 Å². The lowest BCUT2D eigenvalue weighted by Gasteiger charge is -2.07. The topological polar surface area (TPSA) is 8.88 Å². The van der Waals surface area contributed by atoms with Gasteiger partial charge in [0.25, 0.3) is 0 Å². The van der Waals surface area contributed by atoms with E-state index >= 15 is 0 Å². The lowest BCUT2D eigenvalue weighted by molar-refractivity contribution is -0.735. The fourth-order valence-corrected chi connectivity index (χ4v) is 3.01. The summed E-state index contributed by atoms with van der Waals surface area (Å²) in [6.07, 6.45) is 15.7. The molecule has 0 aliphatic carbocycles. The van der Waals surface area contributed by atoms with Crippen LogP contribution in [0.2, 0.25) is 0 Å². The second-order valence-corrected chi connectivity index (χ2v) is 4.52. The Morgan fingerprint density at radius 1 is 0.923 bits per heavy atom. The van der Waals surface area contributed by atoms with Crippen molar-refractivity contribution in [2.45, 2.75) is 12.8 Å². The van der Waals surface area contributed by atoms with Crippen LogP contribution in [0.4, 0.5) is 0 Å². The molecule has 2 N–H and O–H groups in total. The Hall–Kier alpha value is -0.770. The molecule has 1 fully saturated rings. The molecule has 0 saturated carbocycles. The minimum Gasteiger partial charge on any atom is -0.167 e. The first-order chi connectivity index (χ1) is 6.43. The van der Waals surface area contributed by atoms with Crippen LogP contribution in [0.1, 0.15) is 12.8 Å². The van der Waals surface area contributed by atoms with Gasteiger partial charge in [-0.2, -0.15) is 8.61 Å². The monoisotopic (exact) mass is 192 g/mol. The predicted octanol–water partition coefficient (Wildman–Crippen LogP) is -0.0644. The number of hydrogen-bond acceptors (Lipinski definition) is 1. The Balaban J connectivity index is 1.90. The second kappa shape index (κ2) is 2.87. The van der Waals surface area contributed by atoms with Crippen molar-refractivity contribution in [3.05, 3.63) is 48.1 Å². The zero-order valence-electron chi connectivity index (χ0n) is 7.29. The molecule has 0 amide bonds. The summed E-state index contributed by atoms with van der Waals surface area (Å²) >= 11 is 1.92.